The summed E-state index contributed by atoms with van der Waals surface area (Å²) in [5.74, 6) is -6.26. The van der Waals surface area contributed by atoms with Crippen molar-refractivity contribution in [3.05, 3.63) is 41.7 Å². The molecule has 3 heterocycles. The van der Waals surface area contributed by atoms with Crippen LogP contribution >= 0.6 is 0 Å². The second kappa shape index (κ2) is 18.7. The molecule has 45 heavy (non-hydrogen) atoms. The lowest BCUT2D eigenvalue weighted by Crippen LogP contribution is -2.26. The number of carbonyl (C=O) groups is 3. The quantitative estimate of drug-likeness (QED) is 0.291. The van der Waals surface area contributed by atoms with E-state index in [1.807, 2.05) is 26.5 Å². The Labute approximate surface area is 248 Å². The number of likely N-dealkylation sites (N-methyl/N-ethyl adjacent to an activating group) is 1. The molecule has 0 saturated heterocycles. The van der Waals surface area contributed by atoms with Gasteiger partial charge in [-0.3, -0.25) is 9.88 Å². The van der Waals surface area contributed by atoms with E-state index >= 15 is 0 Å². The summed E-state index contributed by atoms with van der Waals surface area (Å²) >= 11 is 0. The first-order valence-corrected chi connectivity index (χ1v) is 12.2. The normalized spacial score (nSPS) is 13.5. The zero-order valence-electron chi connectivity index (χ0n) is 23.5. The molecule has 0 unspecified atom stereocenters. The van der Waals surface area contributed by atoms with Crippen LogP contribution in [0.25, 0.3) is 0 Å². The average molecular weight is 673 g/mol. The van der Waals surface area contributed by atoms with Gasteiger partial charge in [-0.2, -0.15) is 39.5 Å². The van der Waals surface area contributed by atoms with Crippen LogP contribution in [0.3, 0.4) is 0 Å². The van der Waals surface area contributed by atoms with Crippen molar-refractivity contribution in [3.8, 4) is 0 Å². The average Bonchev–Trinajstić information content (AvgIpc) is 3.18. The molecule has 0 aliphatic carbocycles. The molecular weight excluding hydrogens is 643 g/mol. The SMILES string of the molecule is CN(C)CCOCc1nnc2n1CCN(Cc1ccncc1)CC2.O=C(O)C(F)(F)F.O=C(O)C(F)(F)F.O=C(O)C(F)(F)F. The van der Waals surface area contributed by atoms with Crippen molar-refractivity contribution in [1.82, 2.24) is 29.5 Å². The third-order valence-corrected chi connectivity index (χ3v) is 4.99. The molecule has 0 aromatic carbocycles. The van der Waals surface area contributed by atoms with E-state index in [-0.39, 0.29) is 0 Å². The molecular formula is C23H29F9N6O7. The Kier molecular flexibility index (Phi) is 17.0. The summed E-state index contributed by atoms with van der Waals surface area (Å²) in [4.78, 5) is 35.3. The van der Waals surface area contributed by atoms with Gasteiger partial charge in [0.2, 0.25) is 0 Å². The van der Waals surface area contributed by atoms with Gasteiger partial charge in [-0.1, -0.05) is 0 Å². The summed E-state index contributed by atoms with van der Waals surface area (Å²) in [6, 6.07) is 4.16. The van der Waals surface area contributed by atoms with Gasteiger partial charge in [0.25, 0.3) is 0 Å². The van der Waals surface area contributed by atoms with Crippen molar-refractivity contribution in [1.29, 1.82) is 0 Å². The van der Waals surface area contributed by atoms with Crippen LogP contribution in [0, 0.1) is 0 Å². The Morgan fingerprint density at radius 1 is 0.822 bits per heavy atom. The number of rotatable bonds is 7. The van der Waals surface area contributed by atoms with E-state index < -0.39 is 36.4 Å². The number of hydrogen-bond donors (Lipinski definition) is 3. The highest BCUT2D eigenvalue weighted by molar-refractivity contribution is 5.73. The molecule has 22 heteroatoms. The summed E-state index contributed by atoms with van der Waals surface area (Å²) in [5.41, 5.74) is 1.30. The van der Waals surface area contributed by atoms with Crippen molar-refractivity contribution in [2.24, 2.45) is 0 Å². The second-order valence-corrected chi connectivity index (χ2v) is 8.83. The maximum atomic E-state index is 10.6. The zero-order valence-corrected chi connectivity index (χ0v) is 23.5. The number of hydrogen-bond acceptors (Lipinski definition) is 9. The molecule has 3 rings (SSSR count). The van der Waals surface area contributed by atoms with Crippen molar-refractivity contribution >= 4 is 17.9 Å². The highest BCUT2D eigenvalue weighted by atomic mass is 19.4. The third-order valence-electron chi connectivity index (χ3n) is 4.99. The summed E-state index contributed by atoms with van der Waals surface area (Å²) < 4.78 is 103. The van der Waals surface area contributed by atoms with Crippen LogP contribution in [0.15, 0.2) is 24.5 Å². The molecule has 3 N–H and O–H groups in total. The lowest BCUT2D eigenvalue weighted by molar-refractivity contribution is -0.193. The van der Waals surface area contributed by atoms with Crippen molar-refractivity contribution < 1.29 is 74.0 Å². The lowest BCUT2D eigenvalue weighted by atomic mass is 10.2. The maximum absolute atomic E-state index is 10.6. The smallest absolute Gasteiger partial charge is 0.475 e. The van der Waals surface area contributed by atoms with Crippen molar-refractivity contribution in [3.63, 3.8) is 0 Å². The molecule has 0 radical (unpaired) electrons. The van der Waals surface area contributed by atoms with Crippen LogP contribution in [0.5, 0.6) is 0 Å². The van der Waals surface area contributed by atoms with E-state index in [2.05, 4.69) is 41.7 Å². The molecule has 13 nitrogen and oxygen atoms in total. The largest absolute Gasteiger partial charge is 0.490 e. The first-order chi connectivity index (χ1) is 20.6. The number of aliphatic carboxylic acids is 3. The van der Waals surface area contributed by atoms with Gasteiger partial charge in [0.1, 0.15) is 12.4 Å². The Hall–Kier alpha value is -4.05. The van der Waals surface area contributed by atoms with Gasteiger partial charge < -0.3 is 29.5 Å². The maximum Gasteiger partial charge on any atom is 0.490 e. The monoisotopic (exact) mass is 672 g/mol. The second-order valence-electron chi connectivity index (χ2n) is 8.83. The van der Waals surface area contributed by atoms with Crippen LogP contribution in [-0.2, 0) is 45.2 Å². The Morgan fingerprint density at radius 3 is 1.71 bits per heavy atom. The predicted octanol–water partition coefficient (Wildman–Crippen LogP) is 2.71. The highest BCUT2D eigenvalue weighted by Gasteiger charge is 2.39. The Bertz CT molecular complexity index is 1130. The fourth-order valence-electron chi connectivity index (χ4n) is 2.85. The van der Waals surface area contributed by atoms with Crippen LogP contribution in [-0.4, -0.2) is 122 Å². The lowest BCUT2D eigenvalue weighted by Gasteiger charge is -2.19. The molecule has 1 aliphatic rings. The summed E-state index contributed by atoms with van der Waals surface area (Å²) in [6.45, 7) is 6.03. The summed E-state index contributed by atoms with van der Waals surface area (Å²) in [5, 5.41) is 30.0. The highest BCUT2D eigenvalue weighted by Crippen LogP contribution is 2.15. The number of fused-ring (bicyclic) bond motifs is 1. The standard InChI is InChI=1S/C17H26N6O.3C2HF3O2/c1-21(2)11-12-24-14-17-20-19-16-5-8-22(9-10-23(16)17)13-15-3-6-18-7-4-15;3*3-2(4,5)1(6)7/h3-4,6-7H,5,8-14H2,1-2H3;3*(H,6,7). The fraction of sp³-hybridized carbons (Fsp3) is 0.565. The first-order valence-electron chi connectivity index (χ1n) is 12.2. The van der Waals surface area contributed by atoms with Gasteiger partial charge in [0.05, 0.1) is 6.61 Å². The number of carboxylic acid groups (broad SMARTS) is 3. The summed E-state index contributed by atoms with van der Waals surface area (Å²) in [7, 11) is 4.09. The topological polar surface area (TPSA) is 171 Å². The minimum atomic E-state index is -5.08. The molecule has 0 spiro atoms. The molecule has 0 atom stereocenters. The first kappa shape index (κ1) is 41.0. The fourth-order valence-corrected chi connectivity index (χ4v) is 2.85. The van der Waals surface area contributed by atoms with E-state index in [9.17, 15) is 39.5 Å². The predicted molar refractivity (Wildman–Crippen MR) is 133 cm³/mol. The molecule has 2 aromatic rings. The van der Waals surface area contributed by atoms with Crippen LogP contribution < -0.4 is 0 Å². The van der Waals surface area contributed by atoms with E-state index in [0.717, 1.165) is 50.8 Å². The minimum Gasteiger partial charge on any atom is -0.475 e. The molecule has 0 fully saturated rings. The number of alkyl halides is 9. The van der Waals surface area contributed by atoms with Gasteiger partial charge >= 0.3 is 36.4 Å². The van der Waals surface area contributed by atoms with E-state index in [0.29, 0.717) is 13.2 Å². The zero-order chi connectivity index (χ0) is 35.0. The molecule has 0 saturated carbocycles. The molecule has 256 valence electrons. The van der Waals surface area contributed by atoms with Gasteiger partial charge in [0, 0.05) is 51.5 Å². The number of aromatic nitrogens is 4. The Balaban J connectivity index is 0.000000753. The van der Waals surface area contributed by atoms with E-state index in [4.69, 9.17) is 34.4 Å². The van der Waals surface area contributed by atoms with E-state index in [1.165, 1.54) is 5.56 Å². The molecule has 0 bridgehead atoms. The number of halogens is 9. The Morgan fingerprint density at radius 2 is 1.29 bits per heavy atom. The van der Waals surface area contributed by atoms with Gasteiger partial charge in [-0.25, -0.2) is 14.4 Å². The summed E-state index contributed by atoms with van der Waals surface area (Å²) in [6.07, 6.45) is -10.6. The molecule has 2 aromatic heterocycles. The van der Waals surface area contributed by atoms with Crippen LogP contribution in [0.4, 0.5) is 39.5 Å². The molecule has 0 amide bonds. The minimum absolute atomic E-state index is 0.533. The van der Waals surface area contributed by atoms with Gasteiger partial charge in [-0.05, 0) is 31.8 Å². The van der Waals surface area contributed by atoms with Crippen LogP contribution in [0.2, 0.25) is 0 Å². The van der Waals surface area contributed by atoms with Gasteiger partial charge in [-0.15, -0.1) is 10.2 Å². The molecule has 1 aliphatic heterocycles. The van der Waals surface area contributed by atoms with Crippen molar-refractivity contribution in [2.75, 3.05) is 40.3 Å². The van der Waals surface area contributed by atoms with Crippen molar-refractivity contribution in [2.45, 2.75) is 44.6 Å². The van der Waals surface area contributed by atoms with Crippen LogP contribution in [0.1, 0.15) is 17.2 Å². The number of ether oxygens (including phenoxy) is 1. The number of nitrogens with zero attached hydrogens (tertiary/aromatic N) is 6. The van der Waals surface area contributed by atoms with E-state index in [1.54, 1.807) is 0 Å². The number of carboxylic acids is 3. The third kappa shape index (κ3) is 18.4. The van der Waals surface area contributed by atoms with Gasteiger partial charge in [0.15, 0.2) is 5.82 Å². The number of pyridine rings is 1.